The molecule has 0 radical (unpaired) electrons. The van der Waals surface area contributed by atoms with E-state index >= 15 is 0 Å². The van der Waals surface area contributed by atoms with Crippen molar-refractivity contribution in [1.82, 2.24) is 15.3 Å². The van der Waals surface area contributed by atoms with Gasteiger partial charge in [0.25, 0.3) is 5.91 Å². The molecule has 2 aliphatic rings. The highest BCUT2D eigenvalue weighted by molar-refractivity contribution is 7.16. The van der Waals surface area contributed by atoms with Crippen molar-refractivity contribution in [3.05, 3.63) is 29.2 Å². The zero-order valence-corrected chi connectivity index (χ0v) is 16.7. The summed E-state index contributed by atoms with van der Waals surface area (Å²) in [6.45, 7) is 3.60. The van der Waals surface area contributed by atoms with E-state index in [0.29, 0.717) is 22.3 Å². The Morgan fingerprint density at radius 1 is 1.36 bits per heavy atom. The molecule has 4 heterocycles. The molecule has 0 aromatic carbocycles. The van der Waals surface area contributed by atoms with Crippen molar-refractivity contribution < 1.29 is 4.79 Å². The molecule has 2 unspecified atom stereocenters. The summed E-state index contributed by atoms with van der Waals surface area (Å²) >= 11 is 1.42. The summed E-state index contributed by atoms with van der Waals surface area (Å²) in [6, 6.07) is 2.06. The van der Waals surface area contributed by atoms with E-state index in [1.165, 1.54) is 11.3 Å². The second kappa shape index (κ2) is 8.42. The Labute approximate surface area is 168 Å². The molecule has 2 aromatic rings. The number of nitrogens with two attached hydrogens (primary N) is 2. The van der Waals surface area contributed by atoms with E-state index in [1.54, 1.807) is 12.4 Å². The molecule has 0 spiro atoms. The Morgan fingerprint density at radius 2 is 2.25 bits per heavy atom. The van der Waals surface area contributed by atoms with Crippen LogP contribution in [0.2, 0.25) is 0 Å². The number of carbonyl (C=O) groups excluding carboxylic acids is 1. The number of nitrogens with one attached hydrogen (secondary N) is 2. The van der Waals surface area contributed by atoms with Gasteiger partial charge < -0.3 is 27.0 Å². The first-order chi connectivity index (χ1) is 13.6. The molecule has 28 heavy (non-hydrogen) atoms. The molecule has 6 N–H and O–H groups in total. The average Bonchev–Trinajstić information content (AvgIpc) is 3.11. The minimum atomic E-state index is -0.292. The van der Waals surface area contributed by atoms with Crippen molar-refractivity contribution in [3.63, 3.8) is 0 Å². The maximum Gasteiger partial charge on any atom is 0.277 e. The Kier molecular flexibility index (Phi) is 5.74. The third-order valence-corrected chi connectivity index (χ3v) is 6.42. The van der Waals surface area contributed by atoms with Crippen LogP contribution in [0, 0.1) is 0 Å². The van der Waals surface area contributed by atoms with Crippen LogP contribution in [0.4, 0.5) is 16.4 Å². The lowest BCUT2D eigenvalue weighted by Gasteiger charge is -2.33. The molecule has 2 fully saturated rings. The van der Waals surface area contributed by atoms with E-state index in [1.807, 2.05) is 6.07 Å². The minimum absolute atomic E-state index is 0.145. The molecule has 0 aliphatic carbocycles. The van der Waals surface area contributed by atoms with Gasteiger partial charge in [-0.05, 0) is 38.3 Å². The van der Waals surface area contributed by atoms with E-state index in [0.717, 1.165) is 62.6 Å². The smallest absolute Gasteiger partial charge is 0.277 e. The number of nitrogen functional groups attached to an aromatic ring is 1. The molecule has 2 aliphatic heterocycles. The van der Waals surface area contributed by atoms with Gasteiger partial charge in [0.15, 0.2) is 5.69 Å². The molecule has 0 saturated carbocycles. The number of carbonyl (C=O) groups is 1. The van der Waals surface area contributed by atoms with Gasteiger partial charge in [-0.3, -0.25) is 9.78 Å². The van der Waals surface area contributed by atoms with Crippen molar-refractivity contribution in [2.45, 2.75) is 37.6 Å². The van der Waals surface area contributed by atoms with Crippen molar-refractivity contribution in [2.24, 2.45) is 5.73 Å². The van der Waals surface area contributed by atoms with Gasteiger partial charge in [0.2, 0.25) is 0 Å². The van der Waals surface area contributed by atoms with E-state index in [4.69, 9.17) is 11.5 Å². The first-order valence-electron chi connectivity index (χ1n) is 9.84. The molecule has 2 aromatic heterocycles. The van der Waals surface area contributed by atoms with Crippen LogP contribution >= 0.6 is 11.3 Å². The summed E-state index contributed by atoms with van der Waals surface area (Å²) in [6.07, 6.45) is 7.65. The summed E-state index contributed by atoms with van der Waals surface area (Å²) in [5, 5.41) is 7.74. The van der Waals surface area contributed by atoms with Crippen LogP contribution in [-0.2, 0) is 0 Å². The Hall–Kier alpha value is -2.23. The van der Waals surface area contributed by atoms with Crippen LogP contribution in [0.1, 0.15) is 47.1 Å². The molecule has 8 nitrogen and oxygen atoms in total. The van der Waals surface area contributed by atoms with Crippen LogP contribution in [0.5, 0.6) is 0 Å². The fourth-order valence-corrected chi connectivity index (χ4v) is 4.88. The SMILES string of the molecule is Nc1sc(C2CCCNC2)nc1C(=O)Nc1cnccc1N1CCCC(N)C1. The van der Waals surface area contributed by atoms with E-state index in [9.17, 15) is 4.79 Å². The molecule has 9 heteroatoms. The van der Waals surface area contributed by atoms with Crippen LogP contribution in [0.3, 0.4) is 0 Å². The van der Waals surface area contributed by atoms with E-state index in [-0.39, 0.29) is 11.9 Å². The summed E-state index contributed by atoms with van der Waals surface area (Å²) in [7, 11) is 0. The zero-order chi connectivity index (χ0) is 19.5. The largest absolute Gasteiger partial charge is 0.389 e. The maximum atomic E-state index is 12.9. The number of piperidine rings is 2. The number of nitrogens with zero attached hydrogens (tertiary/aromatic N) is 3. The Morgan fingerprint density at radius 3 is 3.04 bits per heavy atom. The number of anilines is 3. The van der Waals surface area contributed by atoms with Gasteiger partial charge in [0.05, 0.1) is 22.6 Å². The Balaban J connectivity index is 1.52. The highest BCUT2D eigenvalue weighted by Crippen LogP contribution is 2.32. The highest BCUT2D eigenvalue weighted by atomic mass is 32.1. The molecule has 2 atom stereocenters. The van der Waals surface area contributed by atoms with Gasteiger partial charge in [0, 0.05) is 37.8 Å². The van der Waals surface area contributed by atoms with Crippen LogP contribution in [0.25, 0.3) is 0 Å². The van der Waals surface area contributed by atoms with Crippen molar-refractivity contribution >= 4 is 33.6 Å². The van der Waals surface area contributed by atoms with E-state index < -0.39 is 0 Å². The molecular weight excluding hydrogens is 374 g/mol. The van der Waals surface area contributed by atoms with Gasteiger partial charge in [-0.2, -0.15) is 0 Å². The number of thiazole rings is 1. The summed E-state index contributed by atoms with van der Waals surface area (Å²) < 4.78 is 0. The van der Waals surface area contributed by atoms with Gasteiger partial charge in [-0.1, -0.05) is 0 Å². The van der Waals surface area contributed by atoms with Crippen LogP contribution in [-0.4, -0.2) is 48.1 Å². The average molecular weight is 402 g/mol. The number of rotatable bonds is 4. The third-order valence-electron chi connectivity index (χ3n) is 5.38. The lowest BCUT2D eigenvalue weighted by molar-refractivity contribution is 0.102. The summed E-state index contributed by atoms with van der Waals surface area (Å²) in [4.78, 5) is 23.8. The van der Waals surface area contributed by atoms with Crippen molar-refractivity contribution in [2.75, 3.05) is 42.1 Å². The number of amides is 1. The zero-order valence-electron chi connectivity index (χ0n) is 15.9. The first kappa shape index (κ1) is 19.1. The molecule has 4 rings (SSSR count). The predicted molar refractivity (Wildman–Crippen MR) is 113 cm³/mol. The number of hydrogen-bond acceptors (Lipinski definition) is 8. The Bertz CT molecular complexity index is 833. The summed E-state index contributed by atoms with van der Waals surface area (Å²) in [5.74, 6) is 0.0331. The standard InChI is InChI=1S/C19H27N7OS/c20-13-4-2-8-26(11-13)15-5-7-23-10-14(15)24-18(27)16-17(21)28-19(25-16)12-3-1-6-22-9-12/h5,7,10,12-13,22H,1-4,6,8-9,11,20-21H2,(H,24,27). The molecule has 2 saturated heterocycles. The predicted octanol–water partition coefficient (Wildman–Crippen LogP) is 1.77. The molecule has 1 amide bonds. The number of hydrogen-bond donors (Lipinski definition) is 4. The normalized spacial score (nSPS) is 22.8. The fraction of sp³-hybridized carbons (Fsp3) is 0.526. The quantitative estimate of drug-likeness (QED) is 0.616. The third kappa shape index (κ3) is 4.11. The maximum absolute atomic E-state index is 12.9. The van der Waals surface area contributed by atoms with Gasteiger partial charge in [-0.25, -0.2) is 4.98 Å². The lowest BCUT2D eigenvalue weighted by Crippen LogP contribution is -2.43. The van der Waals surface area contributed by atoms with Crippen molar-refractivity contribution in [3.8, 4) is 0 Å². The second-order valence-electron chi connectivity index (χ2n) is 7.50. The van der Waals surface area contributed by atoms with Crippen LogP contribution in [0.15, 0.2) is 18.5 Å². The highest BCUT2D eigenvalue weighted by Gasteiger charge is 2.25. The summed E-state index contributed by atoms with van der Waals surface area (Å²) in [5.41, 5.74) is 14.2. The first-order valence-corrected chi connectivity index (χ1v) is 10.7. The van der Waals surface area contributed by atoms with Gasteiger partial charge in [0.1, 0.15) is 5.00 Å². The fourth-order valence-electron chi connectivity index (χ4n) is 3.92. The second-order valence-corrected chi connectivity index (χ2v) is 8.57. The minimum Gasteiger partial charge on any atom is -0.389 e. The van der Waals surface area contributed by atoms with Crippen molar-refractivity contribution in [1.29, 1.82) is 0 Å². The van der Waals surface area contributed by atoms with Crippen LogP contribution < -0.4 is 27.0 Å². The van der Waals surface area contributed by atoms with Gasteiger partial charge in [-0.15, -0.1) is 11.3 Å². The van der Waals surface area contributed by atoms with E-state index in [2.05, 4.69) is 25.5 Å². The number of aromatic nitrogens is 2. The van der Waals surface area contributed by atoms with Gasteiger partial charge >= 0.3 is 0 Å². The topological polar surface area (TPSA) is 122 Å². The molecular formula is C19H27N7OS. The molecule has 0 bridgehead atoms. The monoisotopic (exact) mass is 401 g/mol. The number of pyridine rings is 1. The molecule has 150 valence electrons. The lowest BCUT2D eigenvalue weighted by atomic mass is 10.0.